The van der Waals surface area contributed by atoms with Crippen LogP contribution in [0.3, 0.4) is 0 Å². The van der Waals surface area contributed by atoms with Crippen LogP contribution in [0.5, 0.6) is 5.75 Å². The largest absolute Gasteiger partial charge is 0.493 e. The molecular formula is C23H25BN4O6S. The van der Waals surface area contributed by atoms with Gasteiger partial charge in [0.05, 0.1) is 17.0 Å². The Hall–Kier alpha value is -3.64. The van der Waals surface area contributed by atoms with Crippen LogP contribution in [0.25, 0.3) is 5.52 Å². The molecule has 0 saturated heterocycles. The lowest BCUT2D eigenvalue weighted by atomic mass is 10.1. The SMILES string of the molecule is [B]C(=O)NCCCOc1ccn2c(=O)cc(C(=O)NCC(C)NS(=O)(=O)c3ccccc3)cc2c1. The van der Waals surface area contributed by atoms with Gasteiger partial charge in [0.1, 0.15) is 5.75 Å². The molecule has 2 heterocycles. The summed E-state index contributed by atoms with van der Waals surface area (Å²) in [7, 11) is 1.28. The summed E-state index contributed by atoms with van der Waals surface area (Å²) in [5.41, 5.74) is 0.187. The standard InChI is InChI=1S/C23H25BN4O6S/c1-16(27-35(32,33)20-6-3-2-4-7-20)15-26-22(30)17-12-18-14-19(8-10-28(18)21(29)13-17)34-11-5-9-25-23(24)31/h2-4,6-8,10,12-14,16,27H,5,9,11,15H2,1H3,(H,25,31)(H,26,30). The number of aromatic nitrogens is 1. The van der Waals surface area contributed by atoms with Gasteiger partial charge < -0.3 is 15.4 Å². The second-order valence-electron chi connectivity index (χ2n) is 7.78. The lowest BCUT2D eigenvalue weighted by Crippen LogP contribution is -2.41. The third kappa shape index (κ3) is 7.42. The fourth-order valence-electron chi connectivity index (χ4n) is 3.23. The maximum Gasteiger partial charge on any atom is 0.255 e. The first-order valence-corrected chi connectivity index (χ1v) is 12.3. The fourth-order valence-corrected chi connectivity index (χ4v) is 4.49. The molecule has 182 valence electrons. The first kappa shape index (κ1) is 26.0. The smallest absolute Gasteiger partial charge is 0.255 e. The van der Waals surface area contributed by atoms with E-state index in [9.17, 15) is 22.8 Å². The zero-order valence-electron chi connectivity index (χ0n) is 19.1. The molecular weight excluding hydrogens is 471 g/mol. The van der Waals surface area contributed by atoms with Gasteiger partial charge in [0.15, 0.2) is 13.7 Å². The molecule has 3 aromatic rings. The van der Waals surface area contributed by atoms with E-state index in [4.69, 9.17) is 12.6 Å². The average molecular weight is 496 g/mol. The molecule has 2 aromatic heterocycles. The van der Waals surface area contributed by atoms with Gasteiger partial charge in [0.25, 0.3) is 11.5 Å². The molecule has 0 aliphatic carbocycles. The lowest BCUT2D eigenvalue weighted by molar-refractivity contribution is 0.0951. The first-order valence-electron chi connectivity index (χ1n) is 10.8. The van der Waals surface area contributed by atoms with Crippen molar-refractivity contribution < 1.29 is 22.7 Å². The zero-order chi connectivity index (χ0) is 25.4. The van der Waals surface area contributed by atoms with Crippen molar-refractivity contribution in [1.82, 2.24) is 19.8 Å². The predicted molar refractivity (Wildman–Crippen MR) is 131 cm³/mol. The number of ether oxygens (including phenoxy) is 1. The Morgan fingerprint density at radius 2 is 1.83 bits per heavy atom. The second-order valence-corrected chi connectivity index (χ2v) is 9.49. The average Bonchev–Trinajstić information content (AvgIpc) is 2.82. The molecule has 0 aliphatic heterocycles. The molecule has 1 atom stereocenters. The molecule has 12 heteroatoms. The number of hydrogen-bond acceptors (Lipinski definition) is 6. The Kier molecular flexibility index (Phi) is 8.66. The summed E-state index contributed by atoms with van der Waals surface area (Å²) in [6.45, 7) is 2.33. The van der Waals surface area contributed by atoms with Gasteiger partial charge in [-0.3, -0.25) is 18.8 Å². The molecule has 35 heavy (non-hydrogen) atoms. The number of fused-ring (bicyclic) bond motifs is 1. The van der Waals surface area contributed by atoms with E-state index < -0.39 is 33.3 Å². The number of nitrogens with zero attached hydrogens (tertiary/aromatic N) is 1. The number of nitrogens with one attached hydrogen (secondary N) is 3. The summed E-state index contributed by atoms with van der Waals surface area (Å²) in [5.74, 6) is -0.631. The van der Waals surface area contributed by atoms with Crippen LogP contribution in [0.15, 0.2) is 70.5 Å². The van der Waals surface area contributed by atoms with Crippen molar-refractivity contribution in [2.45, 2.75) is 24.3 Å². The number of amides is 2. The first-order chi connectivity index (χ1) is 16.7. The molecule has 0 fully saturated rings. The van der Waals surface area contributed by atoms with Gasteiger partial charge in [0, 0.05) is 43.0 Å². The molecule has 1 unspecified atom stereocenters. The van der Waals surface area contributed by atoms with Crippen LogP contribution >= 0.6 is 0 Å². The van der Waals surface area contributed by atoms with E-state index >= 15 is 0 Å². The van der Waals surface area contributed by atoms with E-state index in [1.807, 2.05) is 0 Å². The summed E-state index contributed by atoms with van der Waals surface area (Å²) in [5, 5.41) is 5.11. The Bertz CT molecular complexity index is 1360. The Morgan fingerprint density at radius 3 is 2.54 bits per heavy atom. The van der Waals surface area contributed by atoms with E-state index in [-0.39, 0.29) is 17.0 Å². The fraction of sp³-hybridized carbons (Fsp3) is 0.261. The van der Waals surface area contributed by atoms with Crippen molar-refractivity contribution in [2.24, 2.45) is 0 Å². The van der Waals surface area contributed by atoms with Crippen LogP contribution in [0.4, 0.5) is 4.79 Å². The number of sulfonamides is 1. The number of carbonyl (C=O) groups is 2. The van der Waals surface area contributed by atoms with Crippen molar-refractivity contribution in [3.63, 3.8) is 0 Å². The Morgan fingerprint density at radius 1 is 1.09 bits per heavy atom. The van der Waals surface area contributed by atoms with Crippen molar-refractivity contribution in [3.05, 3.63) is 76.7 Å². The molecule has 3 rings (SSSR count). The second kappa shape index (κ2) is 11.7. The Labute approximate surface area is 204 Å². The van der Waals surface area contributed by atoms with Gasteiger partial charge >= 0.3 is 0 Å². The minimum absolute atomic E-state index is 0.0206. The maximum absolute atomic E-state index is 12.7. The molecule has 1 aromatic carbocycles. The van der Waals surface area contributed by atoms with Gasteiger partial charge in [-0.15, -0.1) is 0 Å². The summed E-state index contributed by atoms with van der Waals surface area (Å²) < 4.78 is 34.3. The van der Waals surface area contributed by atoms with Crippen molar-refractivity contribution in [2.75, 3.05) is 19.7 Å². The van der Waals surface area contributed by atoms with E-state index in [0.29, 0.717) is 30.8 Å². The third-order valence-electron chi connectivity index (χ3n) is 4.91. The van der Waals surface area contributed by atoms with Gasteiger partial charge in [0.2, 0.25) is 10.0 Å². The van der Waals surface area contributed by atoms with Crippen molar-refractivity contribution in [3.8, 4) is 5.75 Å². The molecule has 0 aliphatic rings. The highest BCUT2D eigenvalue weighted by atomic mass is 32.2. The minimum Gasteiger partial charge on any atom is -0.493 e. The molecule has 2 amide bonds. The van der Waals surface area contributed by atoms with Crippen LogP contribution in [0, 0.1) is 0 Å². The van der Waals surface area contributed by atoms with Crippen LogP contribution in [0.1, 0.15) is 23.7 Å². The summed E-state index contributed by atoms with van der Waals surface area (Å²) in [6.07, 6.45) is 2.08. The quantitative estimate of drug-likeness (QED) is 0.268. The number of carbonyl (C=O) groups excluding carboxylic acids is 2. The van der Waals surface area contributed by atoms with E-state index in [0.717, 1.165) is 0 Å². The summed E-state index contributed by atoms with van der Waals surface area (Å²) in [4.78, 5) is 35.9. The van der Waals surface area contributed by atoms with Gasteiger partial charge in [-0.25, -0.2) is 13.1 Å². The van der Waals surface area contributed by atoms with E-state index in [2.05, 4.69) is 15.4 Å². The lowest BCUT2D eigenvalue weighted by Gasteiger charge is -2.15. The molecule has 0 spiro atoms. The highest BCUT2D eigenvalue weighted by molar-refractivity contribution is 7.89. The molecule has 0 bridgehead atoms. The summed E-state index contributed by atoms with van der Waals surface area (Å²) >= 11 is 0. The van der Waals surface area contributed by atoms with Crippen LogP contribution in [0.2, 0.25) is 0 Å². The molecule has 2 radical (unpaired) electrons. The zero-order valence-corrected chi connectivity index (χ0v) is 19.9. The van der Waals surface area contributed by atoms with Crippen molar-refractivity contribution >= 4 is 35.1 Å². The number of pyridine rings is 2. The van der Waals surface area contributed by atoms with Crippen LogP contribution in [-0.4, -0.2) is 58.1 Å². The van der Waals surface area contributed by atoms with Gasteiger partial charge in [-0.05, 0) is 37.6 Å². The topological polar surface area (TPSA) is 135 Å². The number of benzene rings is 1. The van der Waals surface area contributed by atoms with Gasteiger partial charge in [-0.2, -0.15) is 0 Å². The molecule has 3 N–H and O–H groups in total. The molecule has 0 saturated carbocycles. The van der Waals surface area contributed by atoms with E-state index in [1.165, 1.54) is 34.9 Å². The highest BCUT2D eigenvalue weighted by Crippen LogP contribution is 2.15. The monoisotopic (exact) mass is 496 g/mol. The number of rotatable bonds is 11. The van der Waals surface area contributed by atoms with Crippen molar-refractivity contribution in [1.29, 1.82) is 0 Å². The van der Waals surface area contributed by atoms with Gasteiger partial charge in [-0.1, -0.05) is 18.2 Å². The molecule has 10 nitrogen and oxygen atoms in total. The summed E-state index contributed by atoms with van der Waals surface area (Å²) in [6, 6.07) is 13.3. The third-order valence-corrected chi connectivity index (χ3v) is 6.51. The Balaban J connectivity index is 1.62. The number of hydrogen-bond donors (Lipinski definition) is 3. The minimum atomic E-state index is -3.72. The van der Waals surface area contributed by atoms with E-state index in [1.54, 1.807) is 37.3 Å². The predicted octanol–water partition coefficient (Wildman–Crippen LogP) is 1.04. The van der Waals surface area contributed by atoms with Crippen LogP contribution < -0.4 is 25.7 Å². The maximum atomic E-state index is 12.7. The normalized spacial score (nSPS) is 12.1. The highest BCUT2D eigenvalue weighted by Gasteiger charge is 2.18. The van der Waals surface area contributed by atoms with Crippen LogP contribution in [-0.2, 0) is 10.0 Å².